The summed E-state index contributed by atoms with van der Waals surface area (Å²) in [5.41, 5.74) is 1.66. The van der Waals surface area contributed by atoms with Gasteiger partial charge in [0.1, 0.15) is 18.8 Å². The van der Waals surface area contributed by atoms with Crippen LogP contribution in [0.15, 0.2) is 91.0 Å². The summed E-state index contributed by atoms with van der Waals surface area (Å²) in [6.07, 6.45) is -2.24. The van der Waals surface area contributed by atoms with Gasteiger partial charge in [0, 0.05) is 20.0 Å². The standard InChI is InChI=1S/C29H30N2O6/c1-30-25(32)17-23-27(37-29(35)22-15-9-4-10-16-22)26(33)24(31(23)18-20-11-5-2-6-12-20)19-36-28(34)21-13-7-3-8-14-21/h2-16,23-24,26-27,33H,17-19H2,1H3,(H,30,32)/t23-,24-,26-,27-/m1/s1. The summed E-state index contributed by atoms with van der Waals surface area (Å²) >= 11 is 0. The maximum atomic E-state index is 12.9. The van der Waals surface area contributed by atoms with Gasteiger partial charge in [-0.15, -0.1) is 0 Å². The van der Waals surface area contributed by atoms with Crippen LogP contribution in [0.2, 0.25) is 0 Å². The zero-order chi connectivity index (χ0) is 26.2. The first-order chi connectivity index (χ1) is 18.0. The minimum absolute atomic E-state index is 0.0176. The van der Waals surface area contributed by atoms with E-state index in [1.54, 1.807) is 60.7 Å². The lowest BCUT2D eigenvalue weighted by Gasteiger charge is -2.30. The molecule has 1 fully saturated rings. The maximum absolute atomic E-state index is 12.9. The van der Waals surface area contributed by atoms with E-state index in [9.17, 15) is 19.5 Å². The summed E-state index contributed by atoms with van der Waals surface area (Å²) < 4.78 is 11.4. The number of hydrogen-bond acceptors (Lipinski definition) is 7. The fraction of sp³-hybridized carbons (Fsp3) is 0.276. The summed E-state index contributed by atoms with van der Waals surface area (Å²) in [7, 11) is 1.53. The Labute approximate surface area is 215 Å². The average Bonchev–Trinajstić information content (AvgIpc) is 3.17. The molecular weight excluding hydrogens is 472 g/mol. The van der Waals surface area contributed by atoms with Crippen molar-refractivity contribution >= 4 is 17.8 Å². The van der Waals surface area contributed by atoms with Crippen molar-refractivity contribution in [1.29, 1.82) is 0 Å². The number of likely N-dealkylation sites (tertiary alicyclic amines) is 1. The van der Waals surface area contributed by atoms with Gasteiger partial charge in [0.05, 0.1) is 23.2 Å². The van der Waals surface area contributed by atoms with E-state index in [4.69, 9.17) is 9.47 Å². The van der Waals surface area contributed by atoms with E-state index >= 15 is 0 Å². The van der Waals surface area contributed by atoms with Gasteiger partial charge in [-0.05, 0) is 29.8 Å². The van der Waals surface area contributed by atoms with Gasteiger partial charge >= 0.3 is 11.9 Å². The molecule has 3 aromatic rings. The predicted octanol–water partition coefficient (Wildman–Crippen LogP) is 2.82. The second-order valence-electron chi connectivity index (χ2n) is 8.86. The Hall–Kier alpha value is -4.01. The van der Waals surface area contributed by atoms with Crippen LogP contribution in [0.1, 0.15) is 32.7 Å². The second-order valence-corrected chi connectivity index (χ2v) is 8.86. The SMILES string of the molecule is CNC(=O)C[C@@H]1[C@@H](OC(=O)c2ccccc2)[C@H](O)[C@@H](COC(=O)c2ccccc2)N1Cc1ccccc1. The van der Waals surface area contributed by atoms with E-state index in [1.165, 1.54) is 7.05 Å². The Morgan fingerprint density at radius 2 is 1.35 bits per heavy atom. The Bertz CT molecular complexity index is 1190. The highest BCUT2D eigenvalue weighted by Gasteiger charge is 2.51. The Balaban J connectivity index is 1.62. The lowest BCUT2D eigenvalue weighted by Crippen LogP contribution is -2.43. The van der Waals surface area contributed by atoms with E-state index in [0.29, 0.717) is 17.7 Å². The van der Waals surface area contributed by atoms with Gasteiger partial charge < -0.3 is 19.9 Å². The van der Waals surface area contributed by atoms with Crippen LogP contribution in [0, 0.1) is 0 Å². The van der Waals surface area contributed by atoms with Crippen LogP contribution >= 0.6 is 0 Å². The Kier molecular flexibility index (Phi) is 8.66. The number of carbonyl (C=O) groups is 3. The maximum Gasteiger partial charge on any atom is 0.338 e. The molecule has 8 heteroatoms. The molecule has 4 atom stereocenters. The van der Waals surface area contributed by atoms with Gasteiger partial charge in [-0.1, -0.05) is 66.7 Å². The van der Waals surface area contributed by atoms with Crippen molar-refractivity contribution < 1.29 is 29.0 Å². The molecule has 0 saturated carbocycles. The molecule has 0 spiro atoms. The van der Waals surface area contributed by atoms with E-state index in [-0.39, 0.29) is 18.9 Å². The molecule has 1 heterocycles. The van der Waals surface area contributed by atoms with Crippen molar-refractivity contribution in [3.63, 3.8) is 0 Å². The lowest BCUT2D eigenvalue weighted by molar-refractivity contribution is -0.122. The smallest absolute Gasteiger partial charge is 0.338 e. The molecule has 0 radical (unpaired) electrons. The van der Waals surface area contributed by atoms with Gasteiger partial charge in [-0.25, -0.2) is 9.59 Å². The number of rotatable bonds is 9. The molecule has 8 nitrogen and oxygen atoms in total. The summed E-state index contributed by atoms with van der Waals surface area (Å²) in [5, 5.41) is 14.0. The summed E-state index contributed by atoms with van der Waals surface area (Å²) in [6, 6.07) is 25.2. The van der Waals surface area contributed by atoms with Crippen LogP contribution in [-0.4, -0.2) is 65.8 Å². The van der Waals surface area contributed by atoms with Gasteiger partial charge in [0.2, 0.25) is 5.91 Å². The number of ether oxygens (including phenoxy) is 2. The van der Waals surface area contributed by atoms with Crippen molar-refractivity contribution in [3.05, 3.63) is 108 Å². The number of benzene rings is 3. The highest BCUT2D eigenvalue weighted by atomic mass is 16.6. The van der Waals surface area contributed by atoms with E-state index in [1.807, 2.05) is 35.2 Å². The average molecular weight is 503 g/mol. The van der Waals surface area contributed by atoms with Crippen LogP contribution in [0.3, 0.4) is 0 Å². The summed E-state index contributed by atoms with van der Waals surface area (Å²) in [6.45, 7) is 0.206. The molecule has 0 aromatic heterocycles. The van der Waals surface area contributed by atoms with Crippen molar-refractivity contribution in [2.24, 2.45) is 0 Å². The highest BCUT2D eigenvalue weighted by molar-refractivity contribution is 5.90. The third kappa shape index (κ3) is 6.41. The van der Waals surface area contributed by atoms with Gasteiger partial charge in [-0.3, -0.25) is 9.69 Å². The van der Waals surface area contributed by atoms with E-state index in [2.05, 4.69) is 5.32 Å². The Morgan fingerprint density at radius 1 is 0.811 bits per heavy atom. The number of carbonyl (C=O) groups excluding carboxylic acids is 3. The van der Waals surface area contributed by atoms with Crippen LogP contribution in [-0.2, 0) is 20.8 Å². The third-order valence-electron chi connectivity index (χ3n) is 6.49. The largest absolute Gasteiger partial charge is 0.460 e. The monoisotopic (exact) mass is 502 g/mol. The fourth-order valence-corrected chi connectivity index (χ4v) is 4.56. The third-order valence-corrected chi connectivity index (χ3v) is 6.49. The molecule has 1 aliphatic heterocycles. The molecule has 0 unspecified atom stereocenters. The highest BCUT2D eigenvalue weighted by Crippen LogP contribution is 2.32. The van der Waals surface area contributed by atoms with Crippen molar-refractivity contribution in [1.82, 2.24) is 10.2 Å². The molecule has 37 heavy (non-hydrogen) atoms. The predicted molar refractivity (Wildman–Crippen MR) is 137 cm³/mol. The zero-order valence-corrected chi connectivity index (χ0v) is 20.5. The number of nitrogens with zero attached hydrogens (tertiary/aromatic N) is 1. The van der Waals surface area contributed by atoms with Crippen LogP contribution in [0.5, 0.6) is 0 Å². The first kappa shape index (κ1) is 26.1. The number of esters is 2. The molecule has 1 aliphatic rings. The molecule has 2 N–H and O–H groups in total. The fourth-order valence-electron chi connectivity index (χ4n) is 4.56. The van der Waals surface area contributed by atoms with Crippen LogP contribution < -0.4 is 5.32 Å². The van der Waals surface area contributed by atoms with Gasteiger partial charge in [-0.2, -0.15) is 0 Å². The molecule has 1 amide bonds. The number of aliphatic hydroxyl groups excluding tert-OH is 1. The van der Waals surface area contributed by atoms with Crippen molar-refractivity contribution in [2.45, 2.75) is 37.3 Å². The normalized spacial score (nSPS) is 21.2. The molecule has 0 aliphatic carbocycles. The minimum Gasteiger partial charge on any atom is -0.460 e. The minimum atomic E-state index is -1.20. The van der Waals surface area contributed by atoms with Gasteiger partial charge in [0.15, 0.2) is 0 Å². The molecular formula is C29H30N2O6. The zero-order valence-electron chi connectivity index (χ0n) is 20.5. The van der Waals surface area contributed by atoms with Gasteiger partial charge in [0.25, 0.3) is 0 Å². The molecule has 192 valence electrons. The number of nitrogens with one attached hydrogen (secondary N) is 1. The molecule has 3 aromatic carbocycles. The lowest BCUT2D eigenvalue weighted by atomic mass is 10.0. The first-order valence-electron chi connectivity index (χ1n) is 12.1. The number of aliphatic hydroxyl groups is 1. The van der Waals surface area contributed by atoms with Crippen molar-refractivity contribution in [3.8, 4) is 0 Å². The Morgan fingerprint density at radius 3 is 1.92 bits per heavy atom. The first-order valence-corrected chi connectivity index (χ1v) is 12.1. The molecule has 4 rings (SSSR count). The summed E-state index contributed by atoms with van der Waals surface area (Å²) in [4.78, 5) is 40.0. The second kappa shape index (κ2) is 12.3. The van der Waals surface area contributed by atoms with Crippen molar-refractivity contribution in [2.75, 3.05) is 13.7 Å². The quantitative estimate of drug-likeness (QED) is 0.434. The summed E-state index contributed by atoms with van der Waals surface area (Å²) in [5.74, 6) is -1.40. The van der Waals surface area contributed by atoms with Crippen LogP contribution in [0.25, 0.3) is 0 Å². The topological polar surface area (TPSA) is 105 Å². The van der Waals surface area contributed by atoms with Crippen LogP contribution in [0.4, 0.5) is 0 Å². The number of hydrogen-bond donors (Lipinski definition) is 2. The molecule has 1 saturated heterocycles. The number of amides is 1. The molecule has 0 bridgehead atoms. The van der Waals surface area contributed by atoms with E-state index in [0.717, 1.165) is 5.56 Å². The van der Waals surface area contributed by atoms with E-state index < -0.39 is 36.2 Å².